The molecule has 1 aromatic heterocycles. The Hall–Kier alpha value is -2.23. The molecule has 0 unspecified atom stereocenters. The average molecular weight is 378 g/mol. The van der Waals surface area contributed by atoms with Gasteiger partial charge in [0.2, 0.25) is 10.0 Å². The van der Waals surface area contributed by atoms with Crippen LogP contribution in [0.2, 0.25) is 0 Å². The molecule has 1 aromatic carbocycles. The number of nitrogens with one attached hydrogen (secondary N) is 1. The molecule has 0 atom stereocenters. The third-order valence-electron chi connectivity index (χ3n) is 4.28. The first-order valence-electron chi connectivity index (χ1n) is 8.43. The summed E-state index contributed by atoms with van der Waals surface area (Å²) in [6.45, 7) is 4.52. The van der Waals surface area contributed by atoms with E-state index in [1.54, 1.807) is 6.07 Å². The monoisotopic (exact) mass is 378 g/mol. The number of benzene rings is 1. The Morgan fingerprint density at radius 3 is 2.58 bits per heavy atom. The van der Waals surface area contributed by atoms with Crippen molar-refractivity contribution >= 4 is 10.0 Å². The van der Waals surface area contributed by atoms with E-state index in [0.717, 1.165) is 0 Å². The predicted octanol–water partition coefficient (Wildman–Crippen LogP) is 0.772. The minimum Gasteiger partial charge on any atom is -0.493 e. The van der Waals surface area contributed by atoms with Crippen molar-refractivity contribution in [2.75, 3.05) is 39.8 Å². The number of sulfonamides is 1. The summed E-state index contributed by atoms with van der Waals surface area (Å²) in [5.74, 6) is 0.746. The van der Waals surface area contributed by atoms with Gasteiger partial charge in [-0.2, -0.15) is 4.31 Å². The SMILES string of the molecule is CCOc1ccc(S(=O)(=O)N2CCN(C)CC2)cc1-c1nccc(=O)[nH]1. The number of ether oxygens (including phenoxy) is 1. The molecule has 2 heterocycles. The van der Waals surface area contributed by atoms with Crippen molar-refractivity contribution in [3.63, 3.8) is 0 Å². The second kappa shape index (κ2) is 7.56. The maximum Gasteiger partial charge on any atom is 0.251 e. The molecule has 1 fully saturated rings. The van der Waals surface area contributed by atoms with E-state index in [9.17, 15) is 13.2 Å². The molecule has 0 spiro atoms. The first kappa shape index (κ1) is 18.6. The first-order valence-corrected chi connectivity index (χ1v) is 9.87. The van der Waals surface area contributed by atoms with Crippen LogP contribution in [0.4, 0.5) is 0 Å². The van der Waals surface area contributed by atoms with E-state index < -0.39 is 10.0 Å². The second-order valence-electron chi connectivity index (χ2n) is 6.08. The lowest BCUT2D eigenvalue weighted by Crippen LogP contribution is -2.47. The molecule has 1 aliphatic rings. The Morgan fingerprint density at radius 1 is 1.19 bits per heavy atom. The van der Waals surface area contributed by atoms with Crippen molar-refractivity contribution in [3.05, 3.63) is 40.8 Å². The summed E-state index contributed by atoms with van der Waals surface area (Å²) >= 11 is 0. The average Bonchev–Trinajstić information content (AvgIpc) is 2.62. The highest BCUT2D eigenvalue weighted by Crippen LogP contribution is 2.31. The zero-order chi connectivity index (χ0) is 18.7. The smallest absolute Gasteiger partial charge is 0.251 e. The van der Waals surface area contributed by atoms with Gasteiger partial charge in [-0.3, -0.25) is 4.79 Å². The summed E-state index contributed by atoms with van der Waals surface area (Å²) < 4.78 is 33.0. The van der Waals surface area contributed by atoms with E-state index >= 15 is 0 Å². The van der Waals surface area contributed by atoms with Crippen LogP contribution < -0.4 is 10.3 Å². The molecule has 3 rings (SSSR count). The van der Waals surface area contributed by atoms with Gasteiger partial charge in [0.05, 0.1) is 17.1 Å². The number of H-pyrrole nitrogens is 1. The molecule has 1 N–H and O–H groups in total. The summed E-state index contributed by atoms with van der Waals surface area (Å²) in [4.78, 5) is 20.6. The Kier molecular flexibility index (Phi) is 5.40. The zero-order valence-corrected chi connectivity index (χ0v) is 15.6. The van der Waals surface area contributed by atoms with E-state index in [1.807, 2.05) is 14.0 Å². The van der Waals surface area contributed by atoms with Crippen LogP contribution in [0.25, 0.3) is 11.4 Å². The maximum absolute atomic E-state index is 13.0. The molecule has 1 saturated heterocycles. The fourth-order valence-corrected chi connectivity index (χ4v) is 4.27. The lowest BCUT2D eigenvalue weighted by atomic mass is 10.2. The lowest BCUT2D eigenvalue weighted by molar-refractivity contribution is 0.222. The summed E-state index contributed by atoms with van der Waals surface area (Å²) in [5.41, 5.74) is 0.129. The van der Waals surface area contributed by atoms with Crippen molar-refractivity contribution in [2.45, 2.75) is 11.8 Å². The predicted molar refractivity (Wildman–Crippen MR) is 97.7 cm³/mol. The minimum absolute atomic E-state index is 0.159. The minimum atomic E-state index is -3.63. The summed E-state index contributed by atoms with van der Waals surface area (Å²) in [5, 5.41) is 0. The molecular weight excluding hydrogens is 356 g/mol. The normalized spacial score (nSPS) is 16.5. The van der Waals surface area contributed by atoms with Gasteiger partial charge in [-0.15, -0.1) is 0 Å². The van der Waals surface area contributed by atoms with Gasteiger partial charge in [0.25, 0.3) is 5.56 Å². The molecule has 0 bridgehead atoms. The molecule has 0 amide bonds. The van der Waals surface area contributed by atoms with Crippen LogP contribution in [0.3, 0.4) is 0 Å². The Morgan fingerprint density at radius 2 is 1.92 bits per heavy atom. The molecule has 140 valence electrons. The number of piperazine rings is 1. The third-order valence-corrected chi connectivity index (χ3v) is 6.17. The lowest BCUT2D eigenvalue weighted by Gasteiger charge is -2.31. The standard InChI is InChI=1S/C17H22N4O4S/c1-3-25-15-5-4-13(12-14(15)17-18-7-6-16(22)19-17)26(23,24)21-10-8-20(2)9-11-21/h4-7,12H,3,8-11H2,1-2H3,(H,18,19,22). The highest BCUT2D eigenvalue weighted by molar-refractivity contribution is 7.89. The highest BCUT2D eigenvalue weighted by Gasteiger charge is 2.28. The summed E-state index contributed by atoms with van der Waals surface area (Å²) in [6, 6.07) is 5.95. The van der Waals surface area contributed by atoms with Crippen molar-refractivity contribution in [1.29, 1.82) is 0 Å². The van der Waals surface area contributed by atoms with E-state index in [-0.39, 0.29) is 16.3 Å². The number of likely N-dealkylation sites (N-methyl/N-ethyl adjacent to an activating group) is 1. The van der Waals surface area contributed by atoms with Crippen molar-refractivity contribution in [3.8, 4) is 17.1 Å². The Balaban J connectivity index is 2.04. The summed E-state index contributed by atoms with van der Waals surface area (Å²) in [6.07, 6.45) is 1.38. The first-order chi connectivity index (χ1) is 12.4. The molecule has 9 heteroatoms. The van der Waals surface area contributed by atoms with Gasteiger partial charge in [0.1, 0.15) is 11.6 Å². The highest BCUT2D eigenvalue weighted by atomic mass is 32.2. The second-order valence-corrected chi connectivity index (χ2v) is 8.02. The van der Waals surface area contributed by atoms with Crippen LogP contribution in [0.1, 0.15) is 6.92 Å². The number of aromatic amines is 1. The van der Waals surface area contributed by atoms with Gasteiger partial charge < -0.3 is 14.6 Å². The van der Waals surface area contributed by atoms with E-state index in [4.69, 9.17) is 4.74 Å². The van der Waals surface area contributed by atoms with Gasteiger partial charge in [0, 0.05) is 38.4 Å². The van der Waals surface area contributed by atoms with Gasteiger partial charge >= 0.3 is 0 Å². The molecule has 8 nitrogen and oxygen atoms in total. The maximum atomic E-state index is 13.0. The molecule has 2 aromatic rings. The molecule has 1 aliphatic heterocycles. The molecular formula is C17H22N4O4S. The van der Waals surface area contributed by atoms with Gasteiger partial charge in [-0.25, -0.2) is 13.4 Å². The van der Waals surface area contributed by atoms with Crippen LogP contribution in [0, 0.1) is 0 Å². The molecule has 0 saturated carbocycles. The number of aromatic nitrogens is 2. The molecule has 0 aliphatic carbocycles. The molecule has 0 radical (unpaired) electrons. The van der Waals surface area contributed by atoms with E-state index in [0.29, 0.717) is 44.1 Å². The number of hydrogen-bond acceptors (Lipinski definition) is 6. The largest absolute Gasteiger partial charge is 0.493 e. The van der Waals surface area contributed by atoms with Crippen LogP contribution in [-0.2, 0) is 10.0 Å². The van der Waals surface area contributed by atoms with Crippen LogP contribution in [-0.4, -0.2) is 67.4 Å². The fourth-order valence-electron chi connectivity index (χ4n) is 2.82. The quantitative estimate of drug-likeness (QED) is 0.826. The Labute approximate surface area is 152 Å². The topological polar surface area (TPSA) is 95.6 Å². The van der Waals surface area contributed by atoms with Gasteiger partial charge in [0.15, 0.2) is 0 Å². The van der Waals surface area contributed by atoms with Crippen molar-refractivity contribution in [2.24, 2.45) is 0 Å². The Bertz CT molecular complexity index is 934. The number of hydrogen-bond donors (Lipinski definition) is 1. The van der Waals surface area contributed by atoms with E-state index in [1.165, 1.54) is 28.7 Å². The van der Waals surface area contributed by atoms with Crippen LogP contribution in [0.5, 0.6) is 5.75 Å². The zero-order valence-electron chi connectivity index (χ0n) is 14.8. The number of rotatable bonds is 5. The number of nitrogens with zero attached hydrogens (tertiary/aromatic N) is 3. The third kappa shape index (κ3) is 3.79. The van der Waals surface area contributed by atoms with Gasteiger partial charge in [-0.1, -0.05) is 0 Å². The fraction of sp³-hybridized carbons (Fsp3) is 0.412. The van der Waals surface area contributed by atoms with Gasteiger partial charge in [-0.05, 0) is 32.2 Å². The molecule has 26 heavy (non-hydrogen) atoms. The van der Waals surface area contributed by atoms with Crippen LogP contribution in [0.15, 0.2) is 40.2 Å². The van der Waals surface area contributed by atoms with Crippen molar-refractivity contribution < 1.29 is 13.2 Å². The van der Waals surface area contributed by atoms with Crippen LogP contribution >= 0.6 is 0 Å². The van der Waals surface area contributed by atoms with Crippen molar-refractivity contribution in [1.82, 2.24) is 19.2 Å². The van der Waals surface area contributed by atoms with E-state index in [2.05, 4.69) is 14.9 Å². The summed E-state index contributed by atoms with van der Waals surface area (Å²) in [7, 11) is -1.66.